The summed E-state index contributed by atoms with van der Waals surface area (Å²) in [6, 6.07) is 24.0. The Morgan fingerprint density at radius 2 is 1.47 bits per heavy atom. The van der Waals surface area contributed by atoms with E-state index >= 15 is 0 Å². The monoisotopic (exact) mass is 446 g/mol. The predicted octanol–water partition coefficient (Wildman–Crippen LogP) is 6.93. The molecule has 0 saturated carbocycles. The Bertz CT molecular complexity index is 1440. The Balaban J connectivity index is 1.86. The van der Waals surface area contributed by atoms with Gasteiger partial charge in [-0.3, -0.25) is 4.55 Å². The Hall–Kier alpha value is -3.95. The number of nitrogens with zero attached hydrogens (tertiary/aromatic N) is 4. The second-order valence-corrected chi connectivity index (χ2v) is 8.12. The molecule has 0 aliphatic heterocycles. The Morgan fingerprint density at radius 1 is 0.750 bits per heavy atom. The standard InChI is InChI=1S/C23H18N4O4S/c1-31-22-10-6-5-9-20(22)25-27-23-19-13-12-18(32(28,29)30)15-16(19)11-14-21(23)26-24-17-7-3-2-4-8-17/h2-15H,1H3,(H,28,29,30). The van der Waals surface area contributed by atoms with Crippen LogP contribution in [0, 0.1) is 0 Å². The van der Waals surface area contributed by atoms with E-state index in [-0.39, 0.29) is 4.90 Å². The van der Waals surface area contributed by atoms with Crippen molar-refractivity contribution in [2.45, 2.75) is 4.90 Å². The van der Waals surface area contributed by atoms with Gasteiger partial charge in [-0.1, -0.05) is 42.5 Å². The molecular weight excluding hydrogens is 428 g/mol. The summed E-state index contributed by atoms with van der Waals surface area (Å²) in [6.45, 7) is 0. The van der Waals surface area contributed by atoms with Gasteiger partial charge < -0.3 is 4.74 Å². The molecule has 0 saturated heterocycles. The summed E-state index contributed by atoms with van der Waals surface area (Å²) < 4.78 is 37.8. The smallest absolute Gasteiger partial charge is 0.294 e. The highest BCUT2D eigenvalue weighted by Crippen LogP contribution is 2.39. The third kappa shape index (κ3) is 4.69. The Morgan fingerprint density at radius 3 is 2.22 bits per heavy atom. The van der Waals surface area contributed by atoms with Crippen LogP contribution in [0.5, 0.6) is 5.75 Å². The highest BCUT2D eigenvalue weighted by atomic mass is 32.2. The van der Waals surface area contributed by atoms with E-state index in [0.717, 1.165) is 0 Å². The van der Waals surface area contributed by atoms with Gasteiger partial charge in [-0.05, 0) is 47.9 Å². The van der Waals surface area contributed by atoms with E-state index in [9.17, 15) is 13.0 Å². The molecule has 4 rings (SSSR count). The molecule has 0 atom stereocenters. The van der Waals surface area contributed by atoms with Crippen LogP contribution in [0.25, 0.3) is 10.8 Å². The molecule has 0 bridgehead atoms. The summed E-state index contributed by atoms with van der Waals surface area (Å²) >= 11 is 0. The van der Waals surface area contributed by atoms with Crippen molar-refractivity contribution in [3.05, 3.63) is 84.9 Å². The number of methoxy groups -OCH3 is 1. The van der Waals surface area contributed by atoms with Crippen molar-refractivity contribution in [1.29, 1.82) is 0 Å². The average molecular weight is 446 g/mol. The van der Waals surface area contributed by atoms with Crippen molar-refractivity contribution >= 4 is 43.6 Å². The molecule has 0 heterocycles. The molecule has 4 aromatic carbocycles. The Labute approximate surface area is 184 Å². The number of rotatable bonds is 6. The maximum Gasteiger partial charge on any atom is 0.294 e. The van der Waals surface area contributed by atoms with Gasteiger partial charge in [-0.25, -0.2) is 0 Å². The molecule has 4 aromatic rings. The van der Waals surface area contributed by atoms with E-state index in [4.69, 9.17) is 4.74 Å². The first-order valence-electron chi connectivity index (χ1n) is 9.51. The fourth-order valence-electron chi connectivity index (χ4n) is 3.05. The topological polar surface area (TPSA) is 113 Å². The second-order valence-electron chi connectivity index (χ2n) is 6.70. The zero-order valence-electron chi connectivity index (χ0n) is 17.0. The lowest BCUT2D eigenvalue weighted by molar-refractivity contribution is 0.416. The third-order valence-electron chi connectivity index (χ3n) is 4.61. The van der Waals surface area contributed by atoms with E-state index in [0.29, 0.717) is 39.3 Å². The zero-order chi connectivity index (χ0) is 22.6. The van der Waals surface area contributed by atoms with E-state index in [1.54, 1.807) is 37.4 Å². The molecule has 0 aliphatic rings. The lowest BCUT2D eigenvalue weighted by Crippen LogP contribution is -1.97. The summed E-state index contributed by atoms with van der Waals surface area (Å²) in [6.07, 6.45) is 0. The molecular formula is C23H18N4O4S. The van der Waals surface area contributed by atoms with Gasteiger partial charge in [0, 0.05) is 5.39 Å². The SMILES string of the molecule is COc1ccccc1N=Nc1c(N=Nc2ccccc2)ccc2cc(S(=O)(=O)O)ccc12. The lowest BCUT2D eigenvalue weighted by atomic mass is 10.1. The molecule has 8 nitrogen and oxygen atoms in total. The highest BCUT2D eigenvalue weighted by Gasteiger charge is 2.14. The fourth-order valence-corrected chi connectivity index (χ4v) is 3.56. The third-order valence-corrected chi connectivity index (χ3v) is 5.46. The second kappa shape index (κ2) is 9.04. The molecule has 0 aromatic heterocycles. The van der Waals surface area contributed by atoms with Crippen molar-refractivity contribution in [1.82, 2.24) is 0 Å². The van der Waals surface area contributed by atoms with Gasteiger partial charge in [0.25, 0.3) is 10.1 Å². The van der Waals surface area contributed by atoms with Crippen LogP contribution in [0.4, 0.5) is 22.7 Å². The molecule has 0 unspecified atom stereocenters. The molecule has 1 N–H and O–H groups in total. The van der Waals surface area contributed by atoms with E-state index in [1.165, 1.54) is 12.1 Å². The number of ether oxygens (including phenoxy) is 1. The van der Waals surface area contributed by atoms with Gasteiger partial charge >= 0.3 is 0 Å². The molecule has 0 aliphatic carbocycles. The number of hydrogen-bond donors (Lipinski definition) is 1. The molecule has 0 fully saturated rings. The van der Waals surface area contributed by atoms with Crippen molar-refractivity contribution in [2.24, 2.45) is 20.5 Å². The minimum absolute atomic E-state index is 0.212. The minimum Gasteiger partial charge on any atom is -0.494 e. The van der Waals surface area contributed by atoms with Gasteiger partial charge in [0.15, 0.2) is 0 Å². The van der Waals surface area contributed by atoms with Gasteiger partial charge in [0.2, 0.25) is 0 Å². The maximum atomic E-state index is 11.5. The molecule has 9 heteroatoms. The molecule has 32 heavy (non-hydrogen) atoms. The number of benzene rings is 4. The first-order chi connectivity index (χ1) is 15.5. The summed E-state index contributed by atoms with van der Waals surface area (Å²) in [5.74, 6) is 0.553. The maximum absolute atomic E-state index is 11.5. The van der Waals surface area contributed by atoms with Gasteiger partial charge in [-0.2, -0.15) is 13.5 Å². The van der Waals surface area contributed by atoms with Crippen molar-refractivity contribution in [3.63, 3.8) is 0 Å². The van der Waals surface area contributed by atoms with Crippen LogP contribution in [0.3, 0.4) is 0 Å². The molecule has 0 amide bonds. The van der Waals surface area contributed by atoms with E-state index < -0.39 is 10.1 Å². The molecule has 0 spiro atoms. The molecule has 0 radical (unpaired) electrons. The van der Waals surface area contributed by atoms with E-state index in [1.807, 2.05) is 42.5 Å². The van der Waals surface area contributed by atoms with Crippen molar-refractivity contribution < 1.29 is 17.7 Å². The normalized spacial score (nSPS) is 12.1. The van der Waals surface area contributed by atoms with Crippen LogP contribution >= 0.6 is 0 Å². The number of para-hydroxylation sites is 1. The fraction of sp³-hybridized carbons (Fsp3) is 0.0435. The van der Waals surface area contributed by atoms with E-state index in [2.05, 4.69) is 20.5 Å². The number of azo groups is 2. The van der Waals surface area contributed by atoms with Crippen LogP contribution < -0.4 is 4.74 Å². The van der Waals surface area contributed by atoms with Crippen LogP contribution in [-0.4, -0.2) is 20.1 Å². The largest absolute Gasteiger partial charge is 0.494 e. The van der Waals surface area contributed by atoms with Crippen molar-refractivity contribution in [3.8, 4) is 5.75 Å². The summed E-state index contributed by atoms with van der Waals surface area (Å²) in [4.78, 5) is -0.212. The number of hydrogen-bond acceptors (Lipinski definition) is 7. The number of fused-ring (bicyclic) bond motifs is 1. The van der Waals surface area contributed by atoms with Crippen LogP contribution in [0.15, 0.2) is 110 Å². The van der Waals surface area contributed by atoms with Crippen LogP contribution in [-0.2, 0) is 10.1 Å². The van der Waals surface area contributed by atoms with Crippen LogP contribution in [0.2, 0.25) is 0 Å². The van der Waals surface area contributed by atoms with Gasteiger partial charge in [0.05, 0.1) is 17.7 Å². The van der Waals surface area contributed by atoms with Gasteiger partial charge in [-0.15, -0.1) is 15.3 Å². The Kier molecular flexibility index (Phi) is 6.02. The summed E-state index contributed by atoms with van der Waals surface area (Å²) in [5, 5.41) is 18.4. The quantitative estimate of drug-likeness (QED) is 0.255. The zero-order valence-corrected chi connectivity index (χ0v) is 17.8. The minimum atomic E-state index is -4.34. The van der Waals surface area contributed by atoms with Gasteiger partial charge in [0.1, 0.15) is 22.8 Å². The average Bonchev–Trinajstić information content (AvgIpc) is 2.81. The lowest BCUT2D eigenvalue weighted by Gasteiger charge is -2.07. The highest BCUT2D eigenvalue weighted by molar-refractivity contribution is 7.85. The van der Waals surface area contributed by atoms with Crippen molar-refractivity contribution in [2.75, 3.05) is 7.11 Å². The first-order valence-corrected chi connectivity index (χ1v) is 11.0. The summed E-state index contributed by atoms with van der Waals surface area (Å²) in [7, 11) is -2.80. The molecule has 160 valence electrons. The summed E-state index contributed by atoms with van der Waals surface area (Å²) in [5.41, 5.74) is 2.03. The van der Waals surface area contributed by atoms with Crippen LogP contribution in [0.1, 0.15) is 0 Å². The predicted molar refractivity (Wildman–Crippen MR) is 122 cm³/mol. The first kappa shape index (κ1) is 21.3.